The van der Waals surface area contributed by atoms with Gasteiger partial charge in [0.2, 0.25) is 5.91 Å². The Morgan fingerprint density at radius 2 is 1.76 bits per heavy atom. The summed E-state index contributed by atoms with van der Waals surface area (Å²) >= 11 is 0. The van der Waals surface area contributed by atoms with E-state index in [1.807, 2.05) is 36.4 Å². The third kappa shape index (κ3) is 2.76. The van der Waals surface area contributed by atoms with E-state index in [2.05, 4.69) is 5.32 Å². The molecule has 1 N–H and O–H groups in total. The average molecular weight is 341 g/mol. The maximum Gasteiger partial charge on any atom is 0.416 e. The third-order valence-corrected chi connectivity index (χ3v) is 4.61. The van der Waals surface area contributed by atoms with E-state index in [1.54, 1.807) is 6.07 Å². The zero-order chi connectivity index (χ0) is 17.6. The van der Waals surface area contributed by atoms with Gasteiger partial charge >= 0.3 is 6.18 Å². The maximum atomic E-state index is 13.0. The van der Waals surface area contributed by atoms with Gasteiger partial charge < -0.3 is 5.32 Å². The lowest BCUT2D eigenvalue weighted by molar-refractivity contribution is -0.137. The molecule has 1 aliphatic rings. The second kappa shape index (κ2) is 5.62. The van der Waals surface area contributed by atoms with Crippen LogP contribution in [0.3, 0.4) is 0 Å². The van der Waals surface area contributed by atoms with Crippen molar-refractivity contribution in [2.24, 2.45) is 0 Å². The number of benzene rings is 3. The van der Waals surface area contributed by atoms with Crippen molar-refractivity contribution < 1.29 is 18.0 Å². The normalized spacial score (nSPS) is 17.2. The highest BCUT2D eigenvalue weighted by molar-refractivity contribution is 6.06. The van der Waals surface area contributed by atoms with Crippen molar-refractivity contribution in [3.63, 3.8) is 0 Å². The number of amides is 1. The lowest BCUT2D eigenvalue weighted by Crippen LogP contribution is -2.24. The summed E-state index contributed by atoms with van der Waals surface area (Å²) in [6.45, 7) is 0. The summed E-state index contributed by atoms with van der Waals surface area (Å²) in [6.07, 6.45) is -4.27. The molecule has 1 aliphatic heterocycles. The van der Waals surface area contributed by atoms with E-state index >= 15 is 0 Å². The van der Waals surface area contributed by atoms with Crippen LogP contribution in [0, 0.1) is 0 Å². The molecule has 0 saturated heterocycles. The summed E-state index contributed by atoms with van der Waals surface area (Å²) in [7, 11) is 0. The minimum atomic E-state index is -4.40. The van der Waals surface area contributed by atoms with E-state index in [1.165, 1.54) is 6.07 Å². The second-order valence-corrected chi connectivity index (χ2v) is 6.18. The van der Waals surface area contributed by atoms with Gasteiger partial charge in [0.1, 0.15) is 0 Å². The van der Waals surface area contributed by atoms with Gasteiger partial charge in [-0.25, -0.2) is 0 Å². The molecule has 0 spiro atoms. The Morgan fingerprint density at radius 3 is 2.56 bits per heavy atom. The summed E-state index contributed by atoms with van der Waals surface area (Å²) in [5, 5.41) is 4.76. The van der Waals surface area contributed by atoms with Gasteiger partial charge in [-0.3, -0.25) is 4.79 Å². The van der Waals surface area contributed by atoms with Gasteiger partial charge in [0.15, 0.2) is 0 Å². The van der Waals surface area contributed by atoms with Crippen LogP contribution in [0.15, 0.2) is 60.7 Å². The third-order valence-electron chi connectivity index (χ3n) is 4.61. The molecule has 3 aromatic rings. The maximum absolute atomic E-state index is 13.0. The average Bonchev–Trinajstić information content (AvgIpc) is 2.60. The number of hydrogen-bond acceptors (Lipinski definition) is 1. The fourth-order valence-electron chi connectivity index (χ4n) is 3.43. The lowest BCUT2D eigenvalue weighted by atomic mass is 9.83. The summed E-state index contributed by atoms with van der Waals surface area (Å²) in [6, 6.07) is 16.7. The molecule has 1 amide bonds. The van der Waals surface area contributed by atoms with Crippen LogP contribution in [0.25, 0.3) is 10.8 Å². The first-order chi connectivity index (χ1) is 11.9. The number of halogens is 3. The Bertz CT molecular complexity index is 978. The number of carbonyl (C=O) groups excluding carboxylic acids is 1. The number of alkyl halides is 3. The zero-order valence-corrected chi connectivity index (χ0v) is 13.1. The van der Waals surface area contributed by atoms with Crippen molar-refractivity contribution in [1.29, 1.82) is 0 Å². The van der Waals surface area contributed by atoms with Gasteiger partial charge in [0, 0.05) is 17.7 Å². The van der Waals surface area contributed by atoms with Gasteiger partial charge in [-0.1, -0.05) is 54.6 Å². The molecule has 3 aromatic carbocycles. The highest BCUT2D eigenvalue weighted by Gasteiger charge is 2.33. The van der Waals surface area contributed by atoms with Crippen LogP contribution in [0.5, 0.6) is 0 Å². The minimum absolute atomic E-state index is 0.132. The fraction of sp³-hybridized carbons (Fsp3) is 0.150. The predicted octanol–water partition coefficient (Wildman–Crippen LogP) is 5.33. The summed E-state index contributed by atoms with van der Waals surface area (Å²) in [5.74, 6) is -0.582. The Balaban J connectivity index is 1.88. The smallest absolute Gasteiger partial charge is 0.325 e. The van der Waals surface area contributed by atoms with Crippen molar-refractivity contribution in [2.75, 3.05) is 5.32 Å². The zero-order valence-electron chi connectivity index (χ0n) is 13.1. The molecule has 5 heteroatoms. The quantitative estimate of drug-likeness (QED) is 0.636. The van der Waals surface area contributed by atoms with Crippen LogP contribution < -0.4 is 5.32 Å². The number of anilines is 1. The van der Waals surface area contributed by atoms with Gasteiger partial charge in [-0.15, -0.1) is 0 Å². The lowest BCUT2D eigenvalue weighted by Gasteiger charge is -2.27. The van der Waals surface area contributed by atoms with Crippen molar-refractivity contribution in [1.82, 2.24) is 0 Å². The molecule has 0 radical (unpaired) electrons. The molecule has 126 valence electrons. The molecule has 0 bridgehead atoms. The Hall–Kier alpha value is -2.82. The van der Waals surface area contributed by atoms with Crippen LogP contribution in [0.2, 0.25) is 0 Å². The SMILES string of the molecule is O=C1C[C@@H](c2cccc(C(F)(F)F)c2)c2ccc3ccccc3c2N1. The van der Waals surface area contributed by atoms with E-state index in [-0.39, 0.29) is 12.3 Å². The Kier molecular flexibility index (Phi) is 3.53. The molecule has 0 aromatic heterocycles. The number of nitrogens with one attached hydrogen (secondary N) is 1. The van der Waals surface area contributed by atoms with E-state index < -0.39 is 17.7 Å². The van der Waals surface area contributed by atoms with Crippen LogP contribution in [-0.2, 0) is 11.0 Å². The summed E-state index contributed by atoms with van der Waals surface area (Å²) < 4.78 is 39.1. The predicted molar refractivity (Wildman–Crippen MR) is 90.5 cm³/mol. The number of hydrogen-bond donors (Lipinski definition) is 1. The topological polar surface area (TPSA) is 29.1 Å². The van der Waals surface area contributed by atoms with Gasteiger partial charge in [0.05, 0.1) is 11.3 Å². The van der Waals surface area contributed by atoms with E-state index in [0.717, 1.165) is 28.5 Å². The number of rotatable bonds is 1. The fourth-order valence-corrected chi connectivity index (χ4v) is 3.43. The molecule has 4 rings (SSSR count). The first kappa shape index (κ1) is 15.7. The largest absolute Gasteiger partial charge is 0.416 e. The number of fused-ring (bicyclic) bond motifs is 3. The first-order valence-electron chi connectivity index (χ1n) is 7.92. The van der Waals surface area contributed by atoms with Crippen LogP contribution in [0.1, 0.15) is 29.0 Å². The molecule has 0 aliphatic carbocycles. The highest BCUT2D eigenvalue weighted by Crippen LogP contribution is 2.42. The molecule has 2 nitrogen and oxygen atoms in total. The molecule has 0 fully saturated rings. The Labute approximate surface area is 142 Å². The van der Waals surface area contributed by atoms with E-state index in [0.29, 0.717) is 11.3 Å². The summed E-state index contributed by atoms with van der Waals surface area (Å²) in [5.41, 5.74) is 1.34. The molecule has 0 unspecified atom stereocenters. The van der Waals surface area contributed by atoms with Gasteiger partial charge in [0.25, 0.3) is 0 Å². The van der Waals surface area contributed by atoms with E-state index in [4.69, 9.17) is 0 Å². The highest BCUT2D eigenvalue weighted by atomic mass is 19.4. The molecule has 1 heterocycles. The van der Waals surface area contributed by atoms with E-state index in [9.17, 15) is 18.0 Å². The van der Waals surface area contributed by atoms with Crippen molar-refractivity contribution >= 4 is 22.4 Å². The van der Waals surface area contributed by atoms with Crippen molar-refractivity contribution in [3.8, 4) is 0 Å². The molecule has 1 atom stereocenters. The van der Waals surface area contributed by atoms with Crippen molar-refractivity contribution in [2.45, 2.75) is 18.5 Å². The molecule has 25 heavy (non-hydrogen) atoms. The minimum Gasteiger partial charge on any atom is -0.325 e. The molecule has 0 saturated carbocycles. The first-order valence-corrected chi connectivity index (χ1v) is 7.92. The second-order valence-electron chi connectivity index (χ2n) is 6.18. The molecular weight excluding hydrogens is 327 g/mol. The van der Waals surface area contributed by atoms with Gasteiger partial charge in [-0.2, -0.15) is 13.2 Å². The monoisotopic (exact) mass is 341 g/mol. The number of carbonyl (C=O) groups is 1. The van der Waals surface area contributed by atoms with Gasteiger partial charge in [-0.05, 0) is 22.6 Å². The van der Waals surface area contributed by atoms with Crippen molar-refractivity contribution in [3.05, 3.63) is 77.4 Å². The van der Waals surface area contributed by atoms with Crippen LogP contribution in [0.4, 0.5) is 18.9 Å². The standard InChI is InChI=1S/C20H14F3NO/c21-20(22,23)14-6-3-5-13(10-14)17-11-18(25)24-19-15-7-2-1-4-12(15)8-9-16(17)19/h1-10,17H,11H2,(H,24,25)/t17-/m0/s1. The molecular formula is C20H14F3NO. The van der Waals surface area contributed by atoms with Crippen LogP contribution >= 0.6 is 0 Å². The van der Waals surface area contributed by atoms with Crippen LogP contribution in [-0.4, -0.2) is 5.91 Å². The Morgan fingerprint density at radius 1 is 0.960 bits per heavy atom. The summed E-state index contributed by atoms with van der Waals surface area (Å²) in [4.78, 5) is 12.2.